The summed E-state index contributed by atoms with van der Waals surface area (Å²) in [6.45, 7) is 7.80. The Morgan fingerprint density at radius 3 is 2.33 bits per heavy atom. The van der Waals surface area contributed by atoms with Crippen LogP contribution >= 0.6 is 0 Å². The topological polar surface area (TPSA) is 49.3 Å². The number of aliphatic hydroxyl groups is 1. The number of nitrogens with one attached hydrogen (secondary N) is 1. The Kier molecular flexibility index (Phi) is 4.24. The van der Waals surface area contributed by atoms with E-state index in [1.54, 1.807) is 6.92 Å². The number of hydrogen-bond acceptors (Lipinski definition) is 2. The number of aliphatic hydroxyl groups excluding tert-OH is 1. The smallest absolute Gasteiger partial charge is 0.220 e. The van der Waals surface area contributed by atoms with Crippen molar-refractivity contribution in [3.8, 4) is 0 Å². The van der Waals surface area contributed by atoms with Crippen LogP contribution < -0.4 is 5.32 Å². The molecule has 3 nitrogen and oxygen atoms in total. The van der Waals surface area contributed by atoms with Crippen molar-refractivity contribution >= 4 is 5.91 Å². The summed E-state index contributed by atoms with van der Waals surface area (Å²) < 4.78 is 0. The van der Waals surface area contributed by atoms with Gasteiger partial charge in [0.15, 0.2) is 0 Å². The van der Waals surface area contributed by atoms with Crippen LogP contribution in [-0.4, -0.2) is 23.7 Å². The molecule has 0 rings (SSSR count). The number of carbonyl (C=O) groups excluding carboxylic acids is 1. The van der Waals surface area contributed by atoms with E-state index in [0.29, 0.717) is 6.42 Å². The van der Waals surface area contributed by atoms with Gasteiger partial charge in [-0.25, -0.2) is 0 Å². The minimum atomic E-state index is -0.139. The van der Waals surface area contributed by atoms with Gasteiger partial charge in [0.1, 0.15) is 0 Å². The molecule has 0 radical (unpaired) electrons. The zero-order valence-corrected chi connectivity index (χ0v) is 8.35. The molecule has 0 fully saturated rings. The minimum absolute atomic E-state index is 0.00375. The van der Waals surface area contributed by atoms with E-state index in [1.165, 1.54) is 0 Å². The summed E-state index contributed by atoms with van der Waals surface area (Å²) in [6.07, 6.45) is 0.497. The Morgan fingerprint density at radius 1 is 1.50 bits per heavy atom. The lowest BCUT2D eigenvalue weighted by molar-refractivity contribution is -0.123. The third-order valence-electron chi connectivity index (χ3n) is 1.37. The van der Waals surface area contributed by atoms with Gasteiger partial charge in [-0.15, -0.1) is 0 Å². The Labute approximate surface area is 74.2 Å². The van der Waals surface area contributed by atoms with Gasteiger partial charge in [0.25, 0.3) is 0 Å². The van der Waals surface area contributed by atoms with Crippen LogP contribution in [0.25, 0.3) is 0 Å². The average Bonchev–Trinajstić information content (AvgIpc) is 1.82. The largest absolute Gasteiger partial charge is 0.394 e. The highest BCUT2D eigenvalue weighted by Crippen LogP contribution is 2.17. The Morgan fingerprint density at radius 2 is 2.00 bits per heavy atom. The molecule has 0 spiro atoms. The maximum absolute atomic E-state index is 11.2. The van der Waals surface area contributed by atoms with Crippen LogP contribution in [-0.2, 0) is 4.79 Å². The summed E-state index contributed by atoms with van der Waals surface area (Å²) in [6, 6.07) is -0.139. The molecule has 0 aliphatic heterocycles. The number of amides is 1. The van der Waals surface area contributed by atoms with Crippen molar-refractivity contribution in [2.24, 2.45) is 5.41 Å². The second-order valence-electron chi connectivity index (χ2n) is 4.39. The summed E-state index contributed by atoms with van der Waals surface area (Å²) in [5, 5.41) is 11.4. The van der Waals surface area contributed by atoms with Crippen molar-refractivity contribution in [1.29, 1.82) is 0 Å². The maximum Gasteiger partial charge on any atom is 0.220 e. The molecule has 1 atom stereocenters. The van der Waals surface area contributed by atoms with E-state index in [2.05, 4.69) is 5.32 Å². The normalized spacial score (nSPS) is 14.1. The van der Waals surface area contributed by atoms with Gasteiger partial charge in [-0.05, 0) is 12.3 Å². The molecule has 0 aliphatic carbocycles. The highest BCUT2D eigenvalue weighted by Gasteiger charge is 2.16. The van der Waals surface area contributed by atoms with Gasteiger partial charge >= 0.3 is 0 Å². The zero-order chi connectivity index (χ0) is 9.78. The SMILES string of the molecule is C[C@@H](CO)NC(=O)CC(C)(C)C. The minimum Gasteiger partial charge on any atom is -0.394 e. The molecule has 0 heterocycles. The van der Waals surface area contributed by atoms with Crippen molar-refractivity contribution in [3.63, 3.8) is 0 Å². The Bertz CT molecular complexity index is 149. The standard InChI is InChI=1S/C9H19NO2/c1-7(6-11)10-8(12)5-9(2,3)4/h7,11H,5-6H2,1-4H3,(H,10,12)/t7-/m0/s1. The molecule has 0 saturated carbocycles. The van der Waals surface area contributed by atoms with E-state index < -0.39 is 0 Å². The molecule has 72 valence electrons. The van der Waals surface area contributed by atoms with Crippen LogP contribution in [0.2, 0.25) is 0 Å². The van der Waals surface area contributed by atoms with Crippen molar-refractivity contribution in [1.82, 2.24) is 5.32 Å². The fourth-order valence-electron chi connectivity index (χ4n) is 0.853. The first kappa shape index (κ1) is 11.4. The average molecular weight is 173 g/mol. The molecule has 0 bridgehead atoms. The molecule has 0 aromatic carbocycles. The molecule has 0 aliphatic rings. The van der Waals surface area contributed by atoms with Crippen LogP contribution in [0.5, 0.6) is 0 Å². The molecule has 0 aromatic rings. The summed E-state index contributed by atoms with van der Waals surface area (Å²) in [5.74, 6) is 0.00375. The highest BCUT2D eigenvalue weighted by atomic mass is 16.3. The summed E-state index contributed by atoms with van der Waals surface area (Å²) in [4.78, 5) is 11.2. The Balaban J connectivity index is 3.75. The lowest BCUT2D eigenvalue weighted by Crippen LogP contribution is -2.36. The van der Waals surface area contributed by atoms with Gasteiger partial charge in [-0.1, -0.05) is 20.8 Å². The van der Waals surface area contributed by atoms with Crippen molar-refractivity contribution in [3.05, 3.63) is 0 Å². The molecule has 12 heavy (non-hydrogen) atoms. The number of hydrogen-bond donors (Lipinski definition) is 2. The van der Waals surface area contributed by atoms with Crippen molar-refractivity contribution in [2.45, 2.75) is 40.2 Å². The molecular formula is C9H19NO2. The number of carbonyl (C=O) groups is 1. The van der Waals surface area contributed by atoms with E-state index >= 15 is 0 Å². The molecule has 2 N–H and O–H groups in total. The highest BCUT2D eigenvalue weighted by molar-refractivity contribution is 5.76. The van der Waals surface area contributed by atoms with E-state index in [-0.39, 0.29) is 24.0 Å². The second kappa shape index (κ2) is 4.45. The van der Waals surface area contributed by atoms with Crippen LogP contribution in [0.15, 0.2) is 0 Å². The lowest BCUT2D eigenvalue weighted by atomic mass is 9.92. The van der Waals surface area contributed by atoms with Crippen molar-refractivity contribution in [2.75, 3.05) is 6.61 Å². The third kappa shape index (κ3) is 6.16. The van der Waals surface area contributed by atoms with E-state index in [0.717, 1.165) is 0 Å². The molecular weight excluding hydrogens is 154 g/mol. The summed E-state index contributed by atoms with van der Waals surface area (Å²) in [7, 11) is 0. The van der Waals surface area contributed by atoms with Gasteiger partial charge in [-0.3, -0.25) is 4.79 Å². The monoisotopic (exact) mass is 173 g/mol. The van der Waals surface area contributed by atoms with E-state index in [9.17, 15) is 4.79 Å². The van der Waals surface area contributed by atoms with E-state index in [4.69, 9.17) is 5.11 Å². The predicted octanol–water partition coefficient (Wildman–Crippen LogP) is 0.920. The van der Waals surface area contributed by atoms with Crippen molar-refractivity contribution < 1.29 is 9.90 Å². The van der Waals surface area contributed by atoms with Gasteiger partial charge in [0, 0.05) is 12.5 Å². The second-order valence-corrected chi connectivity index (χ2v) is 4.39. The first-order valence-electron chi connectivity index (χ1n) is 4.25. The molecule has 3 heteroatoms. The molecule has 0 unspecified atom stereocenters. The predicted molar refractivity (Wildman–Crippen MR) is 48.8 cm³/mol. The lowest BCUT2D eigenvalue weighted by Gasteiger charge is -2.19. The first-order valence-corrected chi connectivity index (χ1v) is 4.25. The van der Waals surface area contributed by atoms with Crippen LogP contribution in [0, 0.1) is 5.41 Å². The zero-order valence-electron chi connectivity index (χ0n) is 8.35. The van der Waals surface area contributed by atoms with Crippen LogP contribution in [0.4, 0.5) is 0 Å². The summed E-state index contributed by atoms with van der Waals surface area (Å²) >= 11 is 0. The quantitative estimate of drug-likeness (QED) is 0.666. The number of rotatable bonds is 3. The van der Waals surface area contributed by atoms with Gasteiger partial charge in [0.05, 0.1) is 6.61 Å². The fourth-order valence-corrected chi connectivity index (χ4v) is 0.853. The molecule has 0 aromatic heterocycles. The summed E-state index contributed by atoms with van der Waals surface area (Å²) in [5.41, 5.74) is 0.0132. The van der Waals surface area contributed by atoms with Gasteiger partial charge < -0.3 is 10.4 Å². The van der Waals surface area contributed by atoms with Gasteiger partial charge in [-0.2, -0.15) is 0 Å². The first-order chi connectivity index (χ1) is 5.35. The van der Waals surface area contributed by atoms with Crippen LogP contribution in [0.1, 0.15) is 34.1 Å². The third-order valence-corrected chi connectivity index (χ3v) is 1.37. The van der Waals surface area contributed by atoms with Crippen LogP contribution in [0.3, 0.4) is 0 Å². The van der Waals surface area contributed by atoms with E-state index in [1.807, 2.05) is 20.8 Å². The Hall–Kier alpha value is -0.570. The molecule has 0 saturated heterocycles. The molecule has 1 amide bonds. The fraction of sp³-hybridized carbons (Fsp3) is 0.889. The maximum atomic E-state index is 11.2. The van der Waals surface area contributed by atoms with Gasteiger partial charge in [0.2, 0.25) is 5.91 Å².